The molecule has 0 aromatic carbocycles. The van der Waals surface area contributed by atoms with E-state index < -0.39 is 0 Å². The average Bonchev–Trinajstić information content (AvgIpc) is 2.30. The Morgan fingerprint density at radius 1 is 1.41 bits per heavy atom. The maximum absolute atomic E-state index is 4.29. The lowest BCUT2D eigenvalue weighted by atomic mass is 10.0. The molecule has 2 heterocycles. The fraction of sp³-hybridized carbons (Fsp3) is 0.692. The van der Waals surface area contributed by atoms with Crippen LogP contribution in [-0.4, -0.2) is 40.5 Å². The van der Waals surface area contributed by atoms with Gasteiger partial charge in [0.2, 0.25) is 0 Å². The smallest absolute Gasteiger partial charge is 0.142 e. The first-order chi connectivity index (χ1) is 8.24. The molecule has 4 nitrogen and oxygen atoms in total. The SMILES string of the molecule is CC(C)CC1CN(Cc2ncccn2)CCN1. The molecule has 1 aromatic heterocycles. The molecule has 1 N–H and O–H groups in total. The van der Waals surface area contributed by atoms with Crippen molar-refractivity contribution in [1.82, 2.24) is 20.2 Å². The number of aromatic nitrogens is 2. The zero-order valence-electron chi connectivity index (χ0n) is 10.8. The highest BCUT2D eigenvalue weighted by Crippen LogP contribution is 2.10. The van der Waals surface area contributed by atoms with Crippen molar-refractivity contribution in [2.75, 3.05) is 19.6 Å². The number of nitrogens with one attached hydrogen (secondary N) is 1. The molecule has 1 atom stereocenters. The van der Waals surface area contributed by atoms with E-state index in [-0.39, 0.29) is 0 Å². The van der Waals surface area contributed by atoms with E-state index in [9.17, 15) is 0 Å². The number of nitrogens with zero attached hydrogens (tertiary/aromatic N) is 3. The standard InChI is InChI=1S/C13H22N4/c1-11(2)8-12-9-17(7-6-14-12)10-13-15-4-3-5-16-13/h3-5,11-12,14H,6-10H2,1-2H3. The highest BCUT2D eigenvalue weighted by atomic mass is 15.2. The van der Waals surface area contributed by atoms with Gasteiger partial charge >= 0.3 is 0 Å². The van der Waals surface area contributed by atoms with Crippen LogP contribution in [0, 0.1) is 5.92 Å². The molecule has 17 heavy (non-hydrogen) atoms. The first-order valence-electron chi connectivity index (χ1n) is 6.45. The van der Waals surface area contributed by atoms with Crippen molar-refractivity contribution in [2.24, 2.45) is 5.92 Å². The van der Waals surface area contributed by atoms with Crippen molar-refractivity contribution in [3.8, 4) is 0 Å². The van der Waals surface area contributed by atoms with E-state index in [0.29, 0.717) is 6.04 Å². The van der Waals surface area contributed by atoms with E-state index in [1.54, 1.807) is 0 Å². The Morgan fingerprint density at radius 3 is 2.88 bits per heavy atom. The van der Waals surface area contributed by atoms with Gasteiger partial charge in [-0.25, -0.2) is 9.97 Å². The third kappa shape index (κ3) is 4.06. The van der Waals surface area contributed by atoms with Gasteiger partial charge < -0.3 is 5.32 Å². The summed E-state index contributed by atoms with van der Waals surface area (Å²) in [6, 6.07) is 2.48. The van der Waals surface area contributed by atoms with E-state index in [1.165, 1.54) is 6.42 Å². The van der Waals surface area contributed by atoms with E-state index in [2.05, 4.69) is 34.0 Å². The van der Waals surface area contributed by atoms with Crippen LogP contribution in [0.3, 0.4) is 0 Å². The number of hydrogen-bond donors (Lipinski definition) is 1. The summed E-state index contributed by atoms with van der Waals surface area (Å²) in [5.41, 5.74) is 0. The van der Waals surface area contributed by atoms with Gasteiger partial charge in [-0.15, -0.1) is 0 Å². The molecule has 0 amide bonds. The largest absolute Gasteiger partial charge is 0.311 e. The predicted molar refractivity (Wildman–Crippen MR) is 68.6 cm³/mol. The Labute approximate surface area is 103 Å². The van der Waals surface area contributed by atoms with Crippen molar-refractivity contribution in [3.05, 3.63) is 24.3 Å². The number of piperazine rings is 1. The molecule has 0 spiro atoms. The molecule has 1 aliphatic heterocycles. The Bertz CT molecular complexity index is 325. The van der Waals surface area contributed by atoms with Crippen molar-refractivity contribution in [2.45, 2.75) is 32.9 Å². The summed E-state index contributed by atoms with van der Waals surface area (Å²) in [4.78, 5) is 11.0. The van der Waals surface area contributed by atoms with Crippen molar-refractivity contribution >= 4 is 0 Å². The summed E-state index contributed by atoms with van der Waals surface area (Å²) >= 11 is 0. The summed E-state index contributed by atoms with van der Waals surface area (Å²) < 4.78 is 0. The van der Waals surface area contributed by atoms with Crippen molar-refractivity contribution in [1.29, 1.82) is 0 Å². The highest BCUT2D eigenvalue weighted by Gasteiger charge is 2.20. The van der Waals surface area contributed by atoms with E-state index in [4.69, 9.17) is 0 Å². The zero-order chi connectivity index (χ0) is 12.1. The monoisotopic (exact) mass is 234 g/mol. The van der Waals surface area contributed by atoms with Crippen LogP contribution < -0.4 is 5.32 Å². The highest BCUT2D eigenvalue weighted by molar-refractivity contribution is 4.90. The maximum atomic E-state index is 4.29. The minimum atomic E-state index is 0.618. The summed E-state index contributed by atoms with van der Waals surface area (Å²) in [6.45, 7) is 8.70. The second-order valence-corrected chi connectivity index (χ2v) is 5.18. The van der Waals surface area contributed by atoms with Crippen molar-refractivity contribution in [3.63, 3.8) is 0 Å². The molecule has 1 aliphatic rings. The number of hydrogen-bond acceptors (Lipinski definition) is 4. The van der Waals surface area contributed by atoms with Crippen LogP contribution in [0.25, 0.3) is 0 Å². The minimum absolute atomic E-state index is 0.618. The Balaban J connectivity index is 1.85. The molecule has 1 saturated heterocycles. The first-order valence-corrected chi connectivity index (χ1v) is 6.45. The fourth-order valence-electron chi connectivity index (χ4n) is 2.38. The maximum Gasteiger partial charge on any atom is 0.142 e. The van der Waals surface area contributed by atoms with Crippen LogP contribution in [0.1, 0.15) is 26.1 Å². The fourth-order valence-corrected chi connectivity index (χ4v) is 2.38. The van der Waals surface area contributed by atoms with Crippen LogP contribution in [0.5, 0.6) is 0 Å². The molecule has 94 valence electrons. The molecule has 2 rings (SSSR count). The van der Waals surface area contributed by atoms with Gasteiger partial charge in [-0.3, -0.25) is 4.90 Å². The summed E-state index contributed by atoms with van der Waals surface area (Å²) in [6.07, 6.45) is 4.87. The summed E-state index contributed by atoms with van der Waals surface area (Å²) in [5, 5.41) is 3.58. The van der Waals surface area contributed by atoms with Crippen molar-refractivity contribution < 1.29 is 0 Å². The van der Waals surface area contributed by atoms with Crippen LogP contribution >= 0.6 is 0 Å². The molecule has 1 unspecified atom stereocenters. The third-order valence-corrected chi connectivity index (χ3v) is 3.08. The second-order valence-electron chi connectivity index (χ2n) is 5.18. The quantitative estimate of drug-likeness (QED) is 0.852. The lowest BCUT2D eigenvalue weighted by Crippen LogP contribution is -2.50. The van der Waals surface area contributed by atoms with Crippen LogP contribution in [0.2, 0.25) is 0 Å². The Hall–Kier alpha value is -1.00. The molecule has 4 heteroatoms. The van der Waals surface area contributed by atoms with Gasteiger partial charge in [0, 0.05) is 38.1 Å². The Morgan fingerprint density at radius 2 is 2.18 bits per heavy atom. The van der Waals surface area contributed by atoms with Gasteiger partial charge in [0.15, 0.2) is 0 Å². The normalized spacial score (nSPS) is 21.9. The summed E-state index contributed by atoms with van der Waals surface area (Å²) in [5.74, 6) is 1.68. The summed E-state index contributed by atoms with van der Waals surface area (Å²) in [7, 11) is 0. The topological polar surface area (TPSA) is 41.1 Å². The van der Waals surface area contributed by atoms with Gasteiger partial charge in [-0.1, -0.05) is 13.8 Å². The molecule has 0 aliphatic carbocycles. The second kappa shape index (κ2) is 6.07. The minimum Gasteiger partial charge on any atom is -0.311 e. The lowest BCUT2D eigenvalue weighted by molar-refractivity contribution is 0.176. The van der Waals surface area contributed by atoms with E-state index in [0.717, 1.165) is 37.9 Å². The van der Waals surface area contributed by atoms with Crippen LogP contribution in [0.15, 0.2) is 18.5 Å². The average molecular weight is 234 g/mol. The van der Waals surface area contributed by atoms with Crippen LogP contribution in [0.4, 0.5) is 0 Å². The van der Waals surface area contributed by atoms with Gasteiger partial charge in [0.1, 0.15) is 5.82 Å². The number of rotatable bonds is 4. The molecule has 0 saturated carbocycles. The molecular formula is C13H22N4. The van der Waals surface area contributed by atoms with Gasteiger partial charge in [0.25, 0.3) is 0 Å². The van der Waals surface area contributed by atoms with E-state index in [1.807, 2.05) is 18.5 Å². The third-order valence-electron chi connectivity index (χ3n) is 3.08. The zero-order valence-corrected chi connectivity index (χ0v) is 10.8. The molecule has 1 aromatic rings. The molecule has 0 bridgehead atoms. The van der Waals surface area contributed by atoms with E-state index >= 15 is 0 Å². The molecule has 0 radical (unpaired) electrons. The van der Waals surface area contributed by atoms with Gasteiger partial charge in [0.05, 0.1) is 6.54 Å². The Kier molecular flexibility index (Phi) is 4.45. The van der Waals surface area contributed by atoms with Gasteiger partial charge in [-0.2, -0.15) is 0 Å². The van der Waals surface area contributed by atoms with Crippen LogP contribution in [-0.2, 0) is 6.54 Å². The van der Waals surface area contributed by atoms with Gasteiger partial charge in [-0.05, 0) is 18.4 Å². The first kappa shape index (κ1) is 12.5. The predicted octanol–water partition coefficient (Wildman–Crippen LogP) is 1.30. The molecular weight excluding hydrogens is 212 g/mol. The molecule has 1 fully saturated rings. The lowest BCUT2D eigenvalue weighted by Gasteiger charge is -2.34.